The quantitative estimate of drug-likeness (QED) is 0.669. The van der Waals surface area contributed by atoms with Crippen LogP contribution in [0.4, 0.5) is 10.2 Å². The van der Waals surface area contributed by atoms with Crippen molar-refractivity contribution >= 4 is 34.9 Å². The van der Waals surface area contributed by atoms with Gasteiger partial charge in [0, 0.05) is 13.1 Å². The topological polar surface area (TPSA) is 44.3 Å². The molecule has 0 spiro atoms. The van der Waals surface area contributed by atoms with Gasteiger partial charge in [0.05, 0.1) is 23.3 Å². The van der Waals surface area contributed by atoms with E-state index in [0.29, 0.717) is 12.3 Å². The Balaban J connectivity index is 0.00000180. The number of hydrogen-bond donors (Lipinski definition) is 0. The molecule has 4 nitrogen and oxygen atoms in total. The molecule has 1 atom stereocenters. The zero-order valence-electron chi connectivity index (χ0n) is 15.1. The van der Waals surface area contributed by atoms with Gasteiger partial charge < -0.3 is 4.90 Å². The number of halogens is 2. The first-order valence-electron chi connectivity index (χ1n) is 9.47. The van der Waals surface area contributed by atoms with E-state index in [1.807, 2.05) is 18.2 Å². The van der Waals surface area contributed by atoms with Crippen LogP contribution in [0, 0.1) is 17.2 Å². The monoisotopic (exact) mass is 384 g/mol. The third-order valence-electron chi connectivity index (χ3n) is 6.00. The number of rotatable bonds is 3. The molecule has 0 bridgehead atoms. The van der Waals surface area contributed by atoms with Crippen molar-refractivity contribution in [1.82, 2.24) is 9.38 Å². The summed E-state index contributed by atoms with van der Waals surface area (Å²) in [5.74, 6) is 1.61. The van der Waals surface area contributed by atoms with E-state index in [9.17, 15) is 9.65 Å². The molecule has 1 aliphatic carbocycles. The Bertz CT molecular complexity index is 1050. The summed E-state index contributed by atoms with van der Waals surface area (Å²) < 4.78 is 15.0. The molecular weight excluding hydrogens is 363 g/mol. The Labute approximate surface area is 164 Å². The lowest BCUT2D eigenvalue weighted by Gasteiger charge is -2.24. The predicted molar refractivity (Wildman–Crippen MR) is 108 cm³/mol. The summed E-state index contributed by atoms with van der Waals surface area (Å²) in [6, 6.07) is 10.5. The number of hydrogen-bond acceptors (Lipinski definition) is 3. The van der Waals surface area contributed by atoms with E-state index in [0.717, 1.165) is 61.0 Å². The Morgan fingerprint density at radius 1 is 1.22 bits per heavy atom. The predicted octanol–water partition coefficient (Wildman–Crippen LogP) is 4.46. The van der Waals surface area contributed by atoms with Crippen molar-refractivity contribution in [2.75, 3.05) is 24.7 Å². The summed E-state index contributed by atoms with van der Waals surface area (Å²) in [7, 11) is 0. The first-order valence-corrected chi connectivity index (χ1v) is 9.47. The van der Waals surface area contributed by atoms with Crippen molar-refractivity contribution in [2.24, 2.45) is 5.92 Å². The molecule has 0 N–H and O–H groups in total. The van der Waals surface area contributed by atoms with Gasteiger partial charge in [0.15, 0.2) is 5.65 Å². The minimum Gasteiger partial charge on any atom is -0.357 e. The number of nitrogens with zero attached hydrogens (tertiary/aromatic N) is 4. The number of alkyl halides is 1. The van der Waals surface area contributed by atoms with E-state index in [1.54, 1.807) is 0 Å². The molecule has 6 heteroatoms. The number of anilines is 1. The van der Waals surface area contributed by atoms with Gasteiger partial charge in [-0.2, -0.15) is 5.26 Å². The fourth-order valence-corrected chi connectivity index (χ4v) is 4.81. The summed E-state index contributed by atoms with van der Waals surface area (Å²) >= 11 is 0. The normalized spacial score (nSPS) is 18.7. The molecule has 1 saturated heterocycles. The summed E-state index contributed by atoms with van der Waals surface area (Å²) in [6.45, 7) is 1.60. The molecule has 1 aromatic carbocycles. The zero-order chi connectivity index (χ0) is 17.7. The molecule has 5 rings (SSSR count). The third-order valence-corrected chi connectivity index (χ3v) is 6.00. The average molecular weight is 385 g/mol. The fraction of sp³-hybridized carbons (Fsp3) is 0.429. The summed E-state index contributed by atoms with van der Waals surface area (Å²) in [5.41, 5.74) is 5.97. The van der Waals surface area contributed by atoms with Crippen molar-refractivity contribution in [1.29, 1.82) is 5.26 Å². The number of nitriles is 1. The second-order valence-electron chi connectivity index (χ2n) is 7.46. The van der Waals surface area contributed by atoms with Gasteiger partial charge in [-0.1, -0.05) is 12.1 Å². The lowest BCUT2D eigenvalue weighted by atomic mass is 10.0. The summed E-state index contributed by atoms with van der Waals surface area (Å²) in [5, 5.41) is 9.83. The van der Waals surface area contributed by atoms with E-state index in [4.69, 9.17) is 4.98 Å². The van der Waals surface area contributed by atoms with E-state index < -0.39 is 0 Å². The molecule has 1 fully saturated rings. The molecular formula is C21H22ClFN4. The highest BCUT2D eigenvalue weighted by Crippen LogP contribution is 2.40. The van der Waals surface area contributed by atoms with E-state index in [2.05, 4.69) is 21.4 Å². The van der Waals surface area contributed by atoms with Gasteiger partial charge in [-0.15, -0.1) is 12.4 Å². The van der Waals surface area contributed by atoms with Gasteiger partial charge in [0.25, 0.3) is 0 Å². The lowest BCUT2D eigenvalue weighted by molar-refractivity contribution is 0.405. The Kier molecular flexibility index (Phi) is 4.69. The van der Waals surface area contributed by atoms with Crippen LogP contribution < -0.4 is 4.90 Å². The molecule has 1 unspecified atom stereocenters. The minimum absolute atomic E-state index is 0. The van der Waals surface area contributed by atoms with Crippen LogP contribution in [0.25, 0.3) is 16.7 Å². The molecule has 1 aliphatic heterocycles. The standard InChI is InChI=1S/C21H21FN4.ClH/c22-10-8-14-9-11-25(13-14)21-16-5-3-4-15(16)17(12-23)20-24-18-6-1-2-7-19(18)26(20)21;/h1-2,6-7,14H,3-5,8-11,13H2;1H. The maximum Gasteiger partial charge on any atom is 0.157 e. The number of imidazole rings is 1. The van der Waals surface area contributed by atoms with Crippen LogP contribution in [0.2, 0.25) is 0 Å². The van der Waals surface area contributed by atoms with Crippen molar-refractivity contribution in [3.63, 3.8) is 0 Å². The molecule has 3 aromatic rings. The van der Waals surface area contributed by atoms with Gasteiger partial charge in [-0.3, -0.25) is 8.79 Å². The van der Waals surface area contributed by atoms with Gasteiger partial charge in [-0.05, 0) is 61.3 Å². The highest BCUT2D eigenvalue weighted by Gasteiger charge is 2.31. The molecule has 2 aliphatic rings. The van der Waals surface area contributed by atoms with Gasteiger partial charge in [-0.25, -0.2) is 4.98 Å². The number of benzene rings is 1. The first-order chi connectivity index (χ1) is 12.8. The average Bonchev–Trinajstić information content (AvgIpc) is 3.38. The zero-order valence-corrected chi connectivity index (χ0v) is 15.9. The lowest BCUT2D eigenvalue weighted by Crippen LogP contribution is -2.24. The largest absolute Gasteiger partial charge is 0.357 e. The summed E-state index contributed by atoms with van der Waals surface area (Å²) in [6.07, 6.45) is 4.72. The Morgan fingerprint density at radius 3 is 2.85 bits per heavy atom. The highest BCUT2D eigenvalue weighted by atomic mass is 35.5. The van der Waals surface area contributed by atoms with Crippen LogP contribution in [0.15, 0.2) is 24.3 Å². The molecule has 27 heavy (non-hydrogen) atoms. The van der Waals surface area contributed by atoms with Crippen molar-refractivity contribution < 1.29 is 4.39 Å². The smallest absolute Gasteiger partial charge is 0.157 e. The van der Waals surface area contributed by atoms with Crippen LogP contribution in [0.1, 0.15) is 36.0 Å². The molecule has 3 heterocycles. The second-order valence-corrected chi connectivity index (χ2v) is 7.46. The number of para-hydroxylation sites is 2. The number of aromatic nitrogens is 2. The van der Waals surface area contributed by atoms with E-state index >= 15 is 0 Å². The molecule has 140 valence electrons. The highest BCUT2D eigenvalue weighted by molar-refractivity contribution is 5.86. The van der Waals surface area contributed by atoms with Crippen molar-refractivity contribution in [2.45, 2.75) is 32.1 Å². The summed E-state index contributed by atoms with van der Waals surface area (Å²) in [4.78, 5) is 7.21. The van der Waals surface area contributed by atoms with Gasteiger partial charge in [0.1, 0.15) is 11.9 Å². The van der Waals surface area contributed by atoms with Crippen LogP contribution in [-0.4, -0.2) is 29.1 Å². The molecule has 0 radical (unpaired) electrons. The molecule has 0 amide bonds. The van der Waals surface area contributed by atoms with Crippen LogP contribution in [-0.2, 0) is 12.8 Å². The van der Waals surface area contributed by atoms with Crippen LogP contribution in [0.3, 0.4) is 0 Å². The third kappa shape index (κ3) is 2.66. The Hall–Kier alpha value is -2.32. The second kappa shape index (κ2) is 7.01. The van der Waals surface area contributed by atoms with Gasteiger partial charge >= 0.3 is 0 Å². The maximum atomic E-state index is 12.8. The van der Waals surface area contributed by atoms with Gasteiger partial charge in [0.2, 0.25) is 0 Å². The SMILES string of the molecule is Cl.N#Cc1c2c(c(N3CCC(CCF)C3)n3c1nc1ccccc13)CCC2. The van der Waals surface area contributed by atoms with Crippen LogP contribution >= 0.6 is 12.4 Å². The van der Waals surface area contributed by atoms with E-state index in [-0.39, 0.29) is 19.1 Å². The molecule has 2 aromatic heterocycles. The van der Waals surface area contributed by atoms with Crippen LogP contribution in [0.5, 0.6) is 0 Å². The fourth-order valence-electron chi connectivity index (χ4n) is 4.81. The number of fused-ring (bicyclic) bond motifs is 4. The maximum absolute atomic E-state index is 12.8. The van der Waals surface area contributed by atoms with Crippen molar-refractivity contribution in [3.8, 4) is 6.07 Å². The van der Waals surface area contributed by atoms with Crippen molar-refractivity contribution in [3.05, 3.63) is 41.0 Å². The van der Waals surface area contributed by atoms with E-state index in [1.165, 1.54) is 16.9 Å². The molecule has 0 saturated carbocycles. The first kappa shape index (κ1) is 18.1. The Morgan fingerprint density at radius 2 is 2.04 bits per heavy atom. The minimum atomic E-state index is -0.243. The number of pyridine rings is 1.